The lowest BCUT2D eigenvalue weighted by Gasteiger charge is -2.10. The van der Waals surface area contributed by atoms with Gasteiger partial charge in [0.15, 0.2) is 11.5 Å². The van der Waals surface area contributed by atoms with Gasteiger partial charge in [0.1, 0.15) is 0 Å². The molecule has 0 aliphatic rings. The fourth-order valence-corrected chi connectivity index (χ4v) is 1.74. The van der Waals surface area contributed by atoms with Crippen LogP contribution in [0.1, 0.15) is 16.8 Å². The van der Waals surface area contributed by atoms with Crippen molar-refractivity contribution in [3.63, 3.8) is 0 Å². The molecule has 1 aromatic rings. The van der Waals surface area contributed by atoms with Crippen molar-refractivity contribution in [3.05, 3.63) is 23.8 Å². The number of rotatable bonds is 9. The average molecular weight is 310 g/mol. The van der Waals surface area contributed by atoms with Gasteiger partial charge in [-0.1, -0.05) is 0 Å². The van der Waals surface area contributed by atoms with Crippen molar-refractivity contribution in [2.75, 3.05) is 41.0 Å². The van der Waals surface area contributed by atoms with Crippen LogP contribution in [0.15, 0.2) is 18.2 Å². The molecule has 0 radical (unpaired) electrons. The van der Waals surface area contributed by atoms with Crippen LogP contribution in [0.3, 0.4) is 0 Å². The summed E-state index contributed by atoms with van der Waals surface area (Å²) in [7, 11) is 4.58. The highest BCUT2D eigenvalue weighted by Gasteiger charge is 2.10. The zero-order valence-corrected chi connectivity index (χ0v) is 13.1. The molecule has 0 saturated heterocycles. The standard InChI is InChI=1S/C15H22N2O5/c1-20-9-6-14(18)16-7-8-17-15(19)11-4-5-12(21-2)13(10-11)22-3/h4-5,10H,6-9H2,1-3H3,(H,16,18)(H,17,19). The second kappa shape index (κ2) is 9.62. The Morgan fingerprint density at radius 3 is 2.32 bits per heavy atom. The third-order valence-electron chi connectivity index (χ3n) is 2.91. The predicted molar refractivity (Wildman–Crippen MR) is 81.4 cm³/mol. The summed E-state index contributed by atoms with van der Waals surface area (Å²) < 4.78 is 15.1. The van der Waals surface area contributed by atoms with Gasteiger partial charge in [0.2, 0.25) is 5.91 Å². The second-order valence-electron chi connectivity index (χ2n) is 4.42. The van der Waals surface area contributed by atoms with Gasteiger partial charge in [0.25, 0.3) is 5.91 Å². The van der Waals surface area contributed by atoms with Crippen LogP contribution in [0.25, 0.3) is 0 Å². The Hall–Kier alpha value is -2.28. The summed E-state index contributed by atoms with van der Waals surface area (Å²) in [5, 5.41) is 5.40. The molecule has 1 rings (SSSR count). The van der Waals surface area contributed by atoms with Gasteiger partial charge < -0.3 is 24.8 Å². The van der Waals surface area contributed by atoms with Crippen LogP contribution < -0.4 is 20.1 Å². The van der Waals surface area contributed by atoms with Gasteiger partial charge >= 0.3 is 0 Å². The molecule has 2 N–H and O–H groups in total. The van der Waals surface area contributed by atoms with Crippen molar-refractivity contribution < 1.29 is 23.8 Å². The van der Waals surface area contributed by atoms with E-state index in [4.69, 9.17) is 14.2 Å². The van der Waals surface area contributed by atoms with Crippen molar-refractivity contribution in [1.82, 2.24) is 10.6 Å². The minimum absolute atomic E-state index is 0.109. The Kier molecular flexibility index (Phi) is 7.77. The van der Waals surface area contributed by atoms with Crippen LogP contribution in [0.5, 0.6) is 11.5 Å². The van der Waals surface area contributed by atoms with Gasteiger partial charge in [-0.25, -0.2) is 0 Å². The first kappa shape index (κ1) is 17.8. The van der Waals surface area contributed by atoms with E-state index in [1.54, 1.807) is 18.2 Å². The first-order valence-electron chi connectivity index (χ1n) is 6.88. The molecule has 0 spiro atoms. The van der Waals surface area contributed by atoms with E-state index in [1.807, 2.05) is 0 Å². The molecule has 0 saturated carbocycles. The number of benzene rings is 1. The van der Waals surface area contributed by atoms with E-state index in [9.17, 15) is 9.59 Å². The van der Waals surface area contributed by atoms with E-state index in [0.717, 1.165) is 0 Å². The Morgan fingerprint density at radius 2 is 1.68 bits per heavy atom. The van der Waals surface area contributed by atoms with Crippen LogP contribution in [0.4, 0.5) is 0 Å². The molecule has 2 amide bonds. The molecule has 22 heavy (non-hydrogen) atoms. The van der Waals surface area contributed by atoms with Gasteiger partial charge in [-0.15, -0.1) is 0 Å². The molecule has 0 aliphatic heterocycles. The zero-order chi connectivity index (χ0) is 16.4. The number of hydrogen-bond acceptors (Lipinski definition) is 5. The second-order valence-corrected chi connectivity index (χ2v) is 4.42. The molecule has 0 bridgehead atoms. The van der Waals surface area contributed by atoms with Crippen molar-refractivity contribution in [1.29, 1.82) is 0 Å². The normalized spacial score (nSPS) is 9.95. The third-order valence-corrected chi connectivity index (χ3v) is 2.91. The minimum atomic E-state index is -0.243. The first-order chi connectivity index (χ1) is 10.6. The highest BCUT2D eigenvalue weighted by atomic mass is 16.5. The molecule has 0 fully saturated rings. The smallest absolute Gasteiger partial charge is 0.251 e. The number of carbonyl (C=O) groups is 2. The lowest BCUT2D eigenvalue weighted by Crippen LogP contribution is -2.35. The maximum Gasteiger partial charge on any atom is 0.251 e. The summed E-state index contributed by atoms with van der Waals surface area (Å²) in [6.07, 6.45) is 0.306. The molecule has 0 aromatic heterocycles. The summed E-state index contributed by atoms with van der Waals surface area (Å²) >= 11 is 0. The van der Waals surface area contributed by atoms with Gasteiger partial charge in [-0.05, 0) is 18.2 Å². The van der Waals surface area contributed by atoms with Crippen LogP contribution in [-0.2, 0) is 9.53 Å². The minimum Gasteiger partial charge on any atom is -0.493 e. The number of hydrogen-bond donors (Lipinski definition) is 2. The van der Waals surface area contributed by atoms with E-state index in [1.165, 1.54) is 21.3 Å². The molecule has 122 valence electrons. The number of methoxy groups -OCH3 is 3. The van der Waals surface area contributed by atoms with Gasteiger partial charge in [-0.3, -0.25) is 9.59 Å². The Labute approximate surface area is 129 Å². The predicted octanol–water partition coefficient (Wildman–Crippen LogP) is 0.586. The Morgan fingerprint density at radius 1 is 1.00 bits per heavy atom. The molecule has 7 nitrogen and oxygen atoms in total. The van der Waals surface area contributed by atoms with E-state index in [0.29, 0.717) is 43.2 Å². The maximum absolute atomic E-state index is 12.0. The van der Waals surface area contributed by atoms with Crippen molar-refractivity contribution in [2.45, 2.75) is 6.42 Å². The Bertz CT molecular complexity index is 505. The molecule has 0 unspecified atom stereocenters. The maximum atomic E-state index is 12.0. The number of carbonyl (C=O) groups excluding carboxylic acids is 2. The molecular formula is C15H22N2O5. The van der Waals surface area contributed by atoms with E-state index >= 15 is 0 Å². The van der Waals surface area contributed by atoms with Crippen LogP contribution in [-0.4, -0.2) is 52.8 Å². The van der Waals surface area contributed by atoms with Crippen molar-refractivity contribution >= 4 is 11.8 Å². The third kappa shape index (κ3) is 5.61. The lowest BCUT2D eigenvalue weighted by molar-refractivity contribution is -0.121. The number of ether oxygens (including phenoxy) is 3. The van der Waals surface area contributed by atoms with E-state index in [-0.39, 0.29) is 11.8 Å². The summed E-state index contributed by atoms with van der Waals surface area (Å²) in [6.45, 7) is 1.08. The van der Waals surface area contributed by atoms with Crippen LogP contribution >= 0.6 is 0 Å². The first-order valence-corrected chi connectivity index (χ1v) is 6.88. The van der Waals surface area contributed by atoms with E-state index < -0.39 is 0 Å². The fourth-order valence-electron chi connectivity index (χ4n) is 1.74. The molecule has 0 aliphatic carbocycles. The van der Waals surface area contributed by atoms with Gasteiger partial charge in [0.05, 0.1) is 20.8 Å². The summed E-state index contributed by atoms with van der Waals surface area (Å²) in [5.74, 6) is 0.696. The van der Waals surface area contributed by atoms with Crippen molar-refractivity contribution in [3.8, 4) is 11.5 Å². The number of nitrogens with one attached hydrogen (secondary N) is 2. The topological polar surface area (TPSA) is 85.9 Å². The van der Waals surface area contributed by atoms with Crippen molar-refractivity contribution in [2.24, 2.45) is 0 Å². The Balaban J connectivity index is 2.41. The van der Waals surface area contributed by atoms with Gasteiger partial charge in [-0.2, -0.15) is 0 Å². The van der Waals surface area contributed by atoms with E-state index in [2.05, 4.69) is 10.6 Å². The highest BCUT2D eigenvalue weighted by molar-refractivity contribution is 5.94. The summed E-state index contributed by atoms with van der Waals surface area (Å²) in [5.41, 5.74) is 0.461. The molecular weight excluding hydrogens is 288 g/mol. The molecule has 7 heteroatoms. The monoisotopic (exact) mass is 310 g/mol. The molecule has 0 heterocycles. The summed E-state index contributed by atoms with van der Waals surface area (Å²) in [6, 6.07) is 4.92. The molecule has 1 aromatic carbocycles. The highest BCUT2D eigenvalue weighted by Crippen LogP contribution is 2.27. The SMILES string of the molecule is COCCC(=O)NCCNC(=O)c1ccc(OC)c(OC)c1. The quantitative estimate of drug-likeness (QED) is 0.652. The van der Waals surface area contributed by atoms with Gasteiger partial charge in [0, 0.05) is 32.2 Å². The number of amides is 2. The largest absolute Gasteiger partial charge is 0.493 e. The van der Waals surface area contributed by atoms with Crippen LogP contribution in [0, 0.1) is 0 Å². The van der Waals surface area contributed by atoms with Crippen LogP contribution in [0.2, 0.25) is 0 Å². The average Bonchev–Trinajstić information content (AvgIpc) is 2.55. The summed E-state index contributed by atoms with van der Waals surface area (Å²) in [4.78, 5) is 23.3. The lowest BCUT2D eigenvalue weighted by atomic mass is 10.2. The fraction of sp³-hybridized carbons (Fsp3) is 0.467. The molecule has 0 atom stereocenters. The zero-order valence-electron chi connectivity index (χ0n) is 13.1.